The Labute approximate surface area is 267 Å². The summed E-state index contributed by atoms with van der Waals surface area (Å²) in [5, 5.41) is 0. The zero-order valence-corrected chi connectivity index (χ0v) is 31.2. The number of benzene rings is 3. The van der Waals surface area contributed by atoms with Crippen LogP contribution in [0.1, 0.15) is 175 Å². The van der Waals surface area contributed by atoms with Gasteiger partial charge in [0.1, 0.15) is 0 Å². The maximum absolute atomic E-state index is 2.48. The molecule has 0 heteroatoms. The third kappa shape index (κ3) is 8.44. The van der Waals surface area contributed by atoms with Gasteiger partial charge in [-0.3, -0.25) is 0 Å². The van der Waals surface area contributed by atoms with Crippen LogP contribution in [0.5, 0.6) is 0 Å². The van der Waals surface area contributed by atoms with Crippen LogP contribution in [-0.4, -0.2) is 0 Å². The number of hydrogen-bond acceptors (Lipinski definition) is 0. The van der Waals surface area contributed by atoms with Crippen LogP contribution >= 0.6 is 0 Å². The Kier molecular flexibility index (Phi) is 9.18. The molecule has 3 rings (SSSR count). The SMILES string of the molecule is CC(C)(C)c1cc([C](c2cc(C(C)(C)C)cc(C(C)(C)C)c2)c2cc(C(C)(C)C)cc(C(C)(C)C)c2)cc(C(C)(C)C)c1. The van der Waals surface area contributed by atoms with E-state index in [1.54, 1.807) is 0 Å². The molecular formula is C43H63. The molecule has 0 nitrogen and oxygen atoms in total. The predicted octanol–water partition coefficient (Wildman–Crippen LogP) is 12.5. The summed E-state index contributed by atoms with van der Waals surface area (Å²) in [5.74, 6) is 1.34. The summed E-state index contributed by atoms with van der Waals surface area (Å²) < 4.78 is 0. The topological polar surface area (TPSA) is 0 Å². The Balaban J connectivity index is 2.60. The normalized spacial score (nSPS) is 14.0. The first-order chi connectivity index (χ1) is 19.1. The average Bonchev–Trinajstić information content (AvgIpc) is 2.80. The van der Waals surface area contributed by atoms with Gasteiger partial charge in [0.05, 0.1) is 5.92 Å². The molecule has 1 radical (unpaired) electrons. The van der Waals surface area contributed by atoms with Crippen molar-refractivity contribution in [1.82, 2.24) is 0 Å². The Bertz CT molecular complexity index is 1160. The molecule has 0 heterocycles. The first kappa shape index (κ1) is 35.1. The molecule has 0 bridgehead atoms. The smallest absolute Gasteiger partial charge is 0.0561 e. The van der Waals surface area contributed by atoms with Gasteiger partial charge in [-0.1, -0.05) is 179 Å². The highest BCUT2D eigenvalue weighted by Crippen LogP contribution is 2.42. The Morgan fingerprint density at radius 1 is 0.256 bits per heavy atom. The molecule has 0 unspecified atom stereocenters. The molecule has 0 aliphatic heterocycles. The van der Waals surface area contributed by atoms with Gasteiger partial charge < -0.3 is 0 Å². The highest BCUT2D eigenvalue weighted by Gasteiger charge is 2.30. The van der Waals surface area contributed by atoms with E-state index in [2.05, 4.69) is 179 Å². The summed E-state index contributed by atoms with van der Waals surface area (Å²) in [6.07, 6.45) is 0. The van der Waals surface area contributed by atoms with E-state index in [0.717, 1.165) is 0 Å². The fourth-order valence-electron chi connectivity index (χ4n) is 5.41. The maximum Gasteiger partial charge on any atom is 0.0629 e. The third-order valence-electron chi connectivity index (χ3n) is 8.86. The maximum atomic E-state index is 2.48. The van der Waals surface area contributed by atoms with Crippen LogP contribution in [0, 0.1) is 5.92 Å². The van der Waals surface area contributed by atoms with E-state index in [1.807, 2.05) is 0 Å². The second-order valence-corrected chi connectivity index (χ2v) is 19.3. The summed E-state index contributed by atoms with van der Waals surface area (Å²) in [5.41, 5.74) is 12.5. The van der Waals surface area contributed by atoms with Crippen molar-refractivity contribution in [3.05, 3.63) is 111 Å². The molecule has 0 aliphatic rings. The summed E-state index contributed by atoms with van der Waals surface area (Å²) >= 11 is 0. The lowest BCUT2D eigenvalue weighted by Crippen LogP contribution is -2.21. The molecule has 3 aromatic rings. The fourth-order valence-corrected chi connectivity index (χ4v) is 5.41. The van der Waals surface area contributed by atoms with Gasteiger partial charge in [0.15, 0.2) is 0 Å². The van der Waals surface area contributed by atoms with Crippen molar-refractivity contribution in [3.63, 3.8) is 0 Å². The van der Waals surface area contributed by atoms with E-state index in [1.165, 1.54) is 56.0 Å². The van der Waals surface area contributed by atoms with Gasteiger partial charge in [0.25, 0.3) is 0 Å². The van der Waals surface area contributed by atoms with E-state index < -0.39 is 0 Å². The molecule has 235 valence electrons. The molecule has 0 aromatic heterocycles. The van der Waals surface area contributed by atoms with Gasteiger partial charge in [-0.25, -0.2) is 0 Å². The molecule has 0 saturated carbocycles. The molecule has 43 heavy (non-hydrogen) atoms. The van der Waals surface area contributed by atoms with E-state index in [4.69, 9.17) is 0 Å². The highest BCUT2D eigenvalue weighted by molar-refractivity contribution is 5.63. The van der Waals surface area contributed by atoms with Crippen molar-refractivity contribution < 1.29 is 0 Å². The van der Waals surface area contributed by atoms with Crippen LogP contribution in [0.25, 0.3) is 0 Å². The van der Waals surface area contributed by atoms with E-state index in [9.17, 15) is 0 Å². The summed E-state index contributed by atoms with van der Waals surface area (Å²) in [4.78, 5) is 0. The minimum absolute atomic E-state index is 0.0365. The first-order valence-electron chi connectivity index (χ1n) is 16.4. The summed E-state index contributed by atoms with van der Waals surface area (Å²) in [7, 11) is 0. The molecule has 0 saturated heterocycles. The lowest BCUT2D eigenvalue weighted by molar-refractivity contribution is 0.566. The minimum Gasteiger partial charge on any atom is -0.0561 e. The Morgan fingerprint density at radius 3 is 0.512 bits per heavy atom. The zero-order valence-electron chi connectivity index (χ0n) is 31.2. The summed E-state index contributed by atoms with van der Waals surface area (Å²) in [6, 6.07) is 22.2. The molecule has 0 spiro atoms. The van der Waals surface area contributed by atoms with E-state index in [-0.39, 0.29) is 32.5 Å². The van der Waals surface area contributed by atoms with Crippen molar-refractivity contribution >= 4 is 0 Å². The van der Waals surface area contributed by atoms with Crippen LogP contribution in [0.15, 0.2) is 54.6 Å². The Morgan fingerprint density at radius 2 is 0.395 bits per heavy atom. The number of hydrogen-bond donors (Lipinski definition) is 0. The molecular weight excluding hydrogens is 516 g/mol. The van der Waals surface area contributed by atoms with E-state index >= 15 is 0 Å². The first-order valence-corrected chi connectivity index (χ1v) is 16.4. The van der Waals surface area contributed by atoms with Crippen LogP contribution in [-0.2, 0) is 32.5 Å². The van der Waals surface area contributed by atoms with Gasteiger partial charge in [0, 0.05) is 0 Å². The highest BCUT2D eigenvalue weighted by atomic mass is 14.3. The standard InChI is InChI=1S/C43H63/c1-38(2,3)31-19-28(20-32(25-31)39(4,5)6)37(29-21-33(40(7,8)9)26-34(22-29)41(10,11)12)30-23-35(42(13,14)15)27-36(24-30)43(16,17)18/h19-27H,1-18H3. The van der Waals surface area contributed by atoms with Crippen molar-refractivity contribution in [2.75, 3.05) is 0 Å². The molecule has 3 aromatic carbocycles. The van der Waals surface area contributed by atoms with Crippen LogP contribution in [0.2, 0.25) is 0 Å². The van der Waals surface area contributed by atoms with Crippen molar-refractivity contribution in [2.45, 2.75) is 157 Å². The molecule has 0 N–H and O–H groups in total. The zero-order chi connectivity index (χ0) is 33.1. The molecule has 0 aliphatic carbocycles. The molecule has 0 fully saturated rings. The van der Waals surface area contributed by atoms with Gasteiger partial charge in [-0.05, 0) is 82.6 Å². The van der Waals surface area contributed by atoms with Gasteiger partial charge in [-0.2, -0.15) is 0 Å². The van der Waals surface area contributed by atoms with Gasteiger partial charge >= 0.3 is 0 Å². The molecule has 0 atom stereocenters. The lowest BCUT2D eigenvalue weighted by Gasteiger charge is -2.32. The predicted molar refractivity (Wildman–Crippen MR) is 192 cm³/mol. The number of rotatable bonds is 3. The van der Waals surface area contributed by atoms with Crippen LogP contribution in [0.3, 0.4) is 0 Å². The van der Waals surface area contributed by atoms with Crippen molar-refractivity contribution in [3.8, 4) is 0 Å². The third-order valence-corrected chi connectivity index (χ3v) is 8.86. The summed E-state index contributed by atoms with van der Waals surface area (Å²) in [6.45, 7) is 42.1. The van der Waals surface area contributed by atoms with E-state index in [0.29, 0.717) is 0 Å². The Hall–Kier alpha value is -2.34. The minimum atomic E-state index is 0.0365. The average molecular weight is 580 g/mol. The van der Waals surface area contributed by atoms with Crippen molar-refractivity contribution in [1.29, 1.82) is 0 Å². The monoisotopic (exact) mass is 579 g/mol. The molecule has 0 amide bonds. The quantitative estimate of drug-likeness (QED) is 0.271. The van der Waals surface area contributed by atoms with Gasteiger partial charge in [-0.15, -0.1) is 0 Å². The van der Waals surface area contributed by atoms with Crippen molar-refractivity contribution in [2.24, 2.45) is 0 Å². The fraction of sp³-hybridized carbons (Fsp3) is 0.558. The largest absolute Gasteiger partial charge is 0.0629 e. The second-order valence-electron chi connectivity index (χ2n) is 19.3. The van der Waals surface area contributed by atoms with Gasteiger partial charge in [0.2, 0.25) is 0 Å². The lowest BCUT2D eigenvalue weighted by atomic mass is 9.72. The van der Waals surface area contributed by atoms with Crippen LogP contribution in [0.4, 0.5) is 0 Å². The van der Waals surface area contributed by atoms with Crippen LogP contribution < -0.4 is 0 Å². The second kappa shape index (κ2) is 11.2.